The fourth-order valence-corrected chi connectivity index (χ4v) is 1.60. The molecule has 1 heterocycles. The molecule has 7 heteroatoms. The lowest BCUT2D eigenvalue weighted by molar-refractivity contribution is -0.140. The standard InChI is InChI=1S/C11H12ClF3N2O/c1-8-3-2-4-9(16-8)10(18)17(6-5-12)7-11(13,14)15/h2-4H,5-7H2,1H3. The Hall–Kier alpha value is -1.30. The number of aromatic nitrogens is 1. The molecule has 100 valence electrons. The van der Waals surface area contributed by atoms with Crippen LogP contribution in [0.4, 0.5) is 13.2 Å². The molecule has 0 spiro atoms. The normalized spacial score (nSPS) is 11.4. The highest BCUT2D eigenvalue weighted by Crippen LogP contribution is 2.17. The Morgan fingerprint density at radius 1 is 1.44 bits per heavy atom. The monoisotopic (exact) mass is 280 g/mol. The first kappa shape index (κ1) is 14.8. The van der Waals surface area contributed by atoms with Crippen molar-refractivity contribution in [1.82, 2.24) is 9.88 Å². The molecule has 0 unspecified atom stereocenters. The van der Waals surface area contributed by atoms with E-state index in [2.05, 4.69) is 4.98 Å². The Labute approximate surface area is 108 Å². The van der Waals surface area contributed by atoms with E-state index in [1.54, 1.807) is 19.1 Å². The zero-order valence-corrected chi connectivity index (χ0v) is 10.4. The molecule has 0 aliphatic rings. The molecule has 1 rings (SSSR count). The van der Waals surface area contributed by atoms with Gasteiger partial charge in [0, 0.05) is 18.1 Å². The Kier molecular flexibility index (Phi) is 4.95. The number of carbonyl (C=O) groups excluding carboxylic acids is 1. The number of hydrogen-bond donors (Lipinski definition) is 0. The number of hydrogen-bond acceptors (Lipinski definition) is 2. The van der Waals surface area contributed by atoms with E-state index in [0.717, 1.165) is 0 Å². The Balaban J connectivity index is 2.89. The maximum Gasteiger partial charge on any atom is 0.406 e. The third kappa shape index (κ3) is 4.52. The van der Waals surface area contributed by atoms with Gasteiger partial charge in [0.05, 0.1) is 0 Å². The molecule has 0 radical (unpaired) electrons. The second kappa shape index (κ2) is 6.04. The highest BCUT2D eigenvalue weighted by Gasteiger charge is 2.33. The summed E-state index contributed by atoms with van der Waals surface area (Å²) in [5.41, 5.74) is 0.558. The van der Waals surface area contributed by atoms with Crippen molar-refractivity contribution < 1.29 is 18.0 Å². The lowest BCUT2D eigenvalue weighted by atomic mass is 10.3. The second-order valence-corrected chi connectivity index (χ2v) is 4.07. The fraction of sp³-hybridized carbons (Fsp3) is 0.455. The average molecular weight is 281 g/mol. The summed E-state index contributed by atoms with van der Waals surface area (Å²) >= 11 is 5.41. The molecule has 0 N–H and O–H groups in total. The van der Waals surface area contributed by atoms with Crippen LogP contribution in [0.25, 0.3) is 0 Å². The topological polar surface area (TPSA) is 33.2 Å². The van der Waals surface area contributed by atoms with E-state index >= 15 is 0 Å². The van der Waals surface area contributed by atoms with Gasteiger partial charge >= 0.3 is 6.18 Å². The lowest BCUT2D eigenvalue weighted by Gasteiger charge is -2.22. The van der Waals surface area contributed by atoms with Gasteiger partial charge in [0.15, 0.2) is 0 Å². The summed E-state index contributed by atoms with van der Waals surface area (Å²) in [6.07, 6.45) is -4.45. The van der Waals surface area contributed by atoms with Gasteiger partial charge in [-0.05, 0) is 19.1 Å². The van der Waals surface area contributed by atoms with Gasteiger partial charge in [-0.2, -0.15) is 13.2 Å². The van der Waals surface area contributed by atoms with Gasteiger partial charge in [-0.3, -0.25) is 4.79 Å². The second-order valence-electron chi connectivity index (χ2n) is 3.70. The number of carbonyl (C=O) groups is 1. The third-order valence-electron chi connectivity index (χ3n) is 2.12. The summed E-state index contributed by atoms with van der Waals surface area (Å²) in [7, 11) is 0. The van der Waals surface area contributed by atoms with Gasteiger partial charge in [0.25, 0.3) is 5.91 Å². The van der Waals surface area contributed by atoms with Crippen LogP contribution in [0.15, 0.2) is 18.2 Å². The van der Waals surface area contributed by atoms with E-state index in [9.17, 15) is 18.0 Å². The van der Waals surface area contributed by atoms with Crippen LogP contribution in [0.1, 0.15) is 16.2 Å². The highest BCUT2D eigenvalue weighted by atomic mass is 35.5. The molecule has 18 heavy (non-hydrogen) atoms. The maximum absolute atomic E-state index is 12.3. The SMILES string of the molecule is Cc1cccc(C(=O)N(CCCl)CC(F)(F)F)n1. The molecular formula is C11H12ClF3N2O. The van der Waals surface area contributed by atoms with Crippen molar-refractivity contribution in [1.29, 1.82) is 0 Å². The molecule has 0 fully saturated rings. The van der Waals surface area contributed by atoms with Gasteiger partial charge in [0.1, 0.15) is 12.2 Å². The predicted octanol–water partition coefficient (Wildman–Crippen LogP) is 2.63. The summed E-state index contributed by atoms with van der Waals surface area (Å²) in [5.74, 6) is -0.829. The van der Waals surface area contributed by atoms with Crippen molar-refractivity contribution in [3.8, 4) is 0 Å². The summed E-state index contributed by atoms with van der Waals surface area (Å²) in [6, 6.07) is 4.61. The van der Waals surface area contributed by atoms with E-state index in [1.165, 1.54) is 6.07 Å². The van der Waals surface area contributed by atoms with Crippen molar-refractivity contribution in [2.24, 2.45) is 0 Å². The molecule has 0 saturated carbocycles. The largest absolute Gasteiger partial charge is 0.406 e. The minimum atomic E-state index is -4.45. The Morgan fingerprint density at radius 2 is 2.11 bits per heavy atom. The quantitative estimate of drug-likeness (QED) is 0.795. The zero-order valence-electron chi connectivity index (χ0n) is 9.67. The van der Waals surface area contributed by atoms with Crippen LogP contribution >= 0.6 is 11.6 Å². The molecule has 0 bridgehead atoms. The Morgan fingerprint density at radius 3 is 2.61 bits per heavy atom. The molecule has 1 amide bonds. The molecule has 0 saturated heterocycles. The summed E-state index contributed by atoms with van der Waals surface area (Å²) in [6.45, 7) is 0.163. The molecule has 1 aromatic heterocycles. The zero-order chi connectivity index (χ0) is 13.8. The van der Waals surface area contributed by atoms with Crippen LogP contribution in [-0.4, -0.2) is 40.9 Å². The number of halogens is 4. The summed E-state index contributed by atoms with van der Waals surface area (Å²) in [5, 5.41) is 0. The molecule has 1 aromatic rings. The van der Waals surface area contributed by atoms with E-state index in [1.807, 2.05) is 0 Å². The number of alkyl halides is 4. The van der Waals surface area contributed by atoms with Crippen LogP contribution in [0.5, 0.6) is 0 Å². The number of rotatable bonds is 4. The molecule has 0 aliphatic heterocycles. The smallest absolute Gasteiger partial charge is 0.327 e. The first-order chi connectivity index (χ1) is 8.33. The predicted molar refractivity (Wildman–Crippen MR) is 61.7 cm³/mol. The van der Waals surface area contributed by atoms with Crippen molar-refractivity contribution in [3.63, 3.8) is 0 Å². The van der Waals surface area contributed by atoms with Gasteiger partial charge in [0.2, 0.25) is 0 Å². The molecule has 3 nitrogen and oxygen atoms in total. The van der Waals surface area contributed by atoms with Crippen molar-refractivity contribution in [3.05, 3.63) is 29.6 Å². The van der Waals surface area contributed by atoms with Gasteiger partial charge in [-0.25, -0.2) is 4.98 Å². The van der Waals surface area contributed by atoms with Crippen LogP contribution in [0, 0.1) is 6.92 Å². The molecule has 0 aromatic carbocycles. The van der Waals surface area contributed by atoms with Gasteiger partial charge < -0.3 is 4.90 Å². The van der Waals surface area contributed by atoms with E-state index < -0.39 is 18.6 Å². The Bertz CT molecular complexity index is 423. The average Bonchev–Trinajstić information content (AvgIpc) is 2.26. The van der Waals surface area contributed by atoms with E-state index in [0.29, 0.717) is 10.6 Å². The first-order valence-electron chi connectivity index (χ1n) is 5.19. The lowest BCUT2D eigenvalue weighted by Crippen LogP contribution is -2.40. The van der Waals surface area contributed by atoms with Gasteiger partial charge in [-0.15, -0.1) is 11.6 Å². The highest BCUT2D eigenvalue weighted by molar-refractivity contribution is 6.18. The maximum atomic E-state index is 12.3. The molecule has 0 aliphatic carbocycles. The number of nitrogens with zero attached hydrogens (tertiary/aromatic N) is 2. The van der Waals surface area contributed by atoms with E-state index in [4.69, 9.17) is 11.6 Å². The van der Waals surface area contributed by atoms with E-state index in [-0.39, 0.29) is 18.1 Å². The van der Waals surface area contributed by atoms with Crippen LogP contribution in [0.2, 0.25) is 0 Å². The first-order valence-corrected chi connectivity index (χ1v) is 5.72. The molecular weight excluding hydrogens is 269 g/mol. The summed E-state index contributed by atoms with van der Waals surface area (Å²) in [4.78, 5) is 16.4. The minimum absolute atomic E-state index is 0.00985. The molecule has 0 atom stereocenters. The summed E-state index contributed by atoms with van der Waals surface area (Å²) < 4.78 is 37.0. The third-order valence-corrected chi connectivity index (χ3v) is 2.29. The number of amides is 1. The minimum Gasteiger partial charge on any atom is -0.327 e. The number of aryl methyl sites for hydroxylation is 1. The van der Waals surface area contributed by atoms with Crippen molar-refractivity contribution >= 4 is 17.5 Å². The number of pyridine rings is 1. The van der Waals surface area contributed by atoms with Crippen molar-refractivity contribution in [2.45, 2.75) is 13.1 Å². The van der Waals surface area contributed by atoms with Crippen LogP contribution < -0.4 is 0 Å². The van der Waals surface area contributed by atoms with Crippen LogP contribution in [0.3, 0.4) is 0 Å². The van der Waals surface area contributed by atoms with Crippen molar-refractivity contribution in [2.75, 3.05) is 19.0 Å². The fourth-order valence-electron chi connectivity index (χ4n) is 1.39. The van der Waals surface area contributed by atoms with Gasteiger partial charge in [-0.1, -0.05) is 6.07 Å². The van der Waals surface area contributed by atoms with Crippen LogP contribution in [-0.2, 0) is 0 Å².